The van der Waals surface area contributed by atoms with Crippen molar-refractivity contribution in [1.29, 1.82) is 5.26 Å². The number of carbonyl (C=O) groups excluding carboxylic acids is 2. The zero-order valence-electron chi connectivity index (χ0n) is 23.9. The minimum Gasteiger partial charge on any atom is -0.465 e. The molecule has 2 aromatic heterocycles. The summed E-state index contributed by atoms with van der Waals surface area (Å²) in [6.45, 7) is 5.34. The summed E-state index contributed by atoms with van der Waals surface area (Å²) in [6.07, 6.45) is 1.58. The number of methoxy groups -OCH3 is 1. The Bertz CT molecular complexity index is 1760. The van der Waals surface area contributed by atoms with Crippen LogP contribution in [0.3, 0.4) is 0 Å². The van der Waals surface area contributed by atoms with Crippen molar-refractivity contribution in [3.8, 4) is 16.5 Å². The summed E-state index contributed by atoms with van der Waals surface area (Å²) in [5.41, 5.74) is 2.74. The molecular formula is C33H32N4O4S. The largest absolute Gasteiger partial charge is 0.465 e. The number of anilines is 1. The minimum atomic E-state index is -0.912. The molecule has 9 heteroatoms. The summed E-state index contributed by atoms with van der Waals surface area (Å²) in [7, 11) is 1.32. The number of fused-ring (bicyclic) bond motifs is 2. The monoisotopic (exact) mass is 580 g/mol. The summed E-state index contributed by atoms with van der Waals surface area (Å²) in [4.78, 5) is 30.1. The molecule has 3 aromatic carbocycles. The molecule has 2 heterocycles. The third-order valence-corrected chi connectivity index (χ3v) is 7.97. The summed E-state index contributed by atoms with van der Waals surface area (Å²) in [5.74, 6) is -0.537. The van der Waals surface area contributed by atoms with Crippen LogP contribution in [0.5, 0.6) is 0 Å². The fraction of sp³-hybridized carbons (Fsp3) is 0.242. The standard InChI is InChI=1S/C33H32N4O4S/c1-33(2,3)41-32(39)37-27(16-22-19-35-25-11-7-6-10-23(22)25)28(18-34)36-26-14-13-21(15-24(26)31(38)40-4)30-17-20-9-5-8-12-29(20)42-30/h5-15,17,19,27-28,35-36H,16H2,1-4H3,(H,37,39)/t27-,28?/m0/s1. The number of esters is 1. The van der Waals surface area contributed by atoms with Crippen LogP contribution < -0.4 is 10.6 Å². The van der Waals surface area contributed by atoms with E-state index in [1.54, 1.807) is 44.2 Å². The number of rotatable bonds is 8. The van der Waals surface area contributed by atoms with Crippen LogP contribution >= 0.6 is 11.3 Å². The summed E-state index contributed by atoms with van der Waals surface area (Å²) >= 11 is 1.63. The van der Waals surface area contributed by atoms with E-state index in [9.17, 15) is 14.9 Å². The highest BCUT2D eigenvalue weighted by Crippen LogP contribution is 2.35. The van der Waals surface area contributed by atoms with E-state index in [4.69, 9.17) is 9.47 Å². The quantitative estimate of drug-likeness (QED) is 0.166. The summed E-state index contributed by atoms with van der Waals surface area (Å²) in [6, 6.07) is 24.1. The summed E-state index contributed by atoms with van der Waals surface area (Å²) < 4.78 is 11.8. The van der Waals surface area contributed by atoms with E-state index < -0.39 is 29.7 Å². The lowest BCUT2D eigenvalue weighted by Crippen LogP contribution is -2.49. The maximum absolute atomic E-state index is 12.9. The van der Waals surface area contributed by atoms with Crippen molar-refractivity contribution in [3.05, 3.63) is 90.1 Å². The molecular weight excluding hydrogens is 548 g/mol. The molecule has 214 valence electrons. The molecule has 0 aliphatic carbocycles. The van der Waals surface area contributed by atoms with E-state index in [0.717, 1.165) is 37.0 Å². The number of H-pyrrole nitrogens is 1. The second kappa shape index (κ2) is 12.0. The number of nitrogens with zero attached hydrogens (tertiary/aromatic N) is 1. The second-order valence-corrected chi connectivity index (χ2v) is 12.1. The maximum atomic E-state index is 12.9. The van der Waals surface area contributed by atoms with Gasteiger partial charge in [-0.05, 0) is 74.0 Å². The van der Waals surface area contributed by atoms with E-state index >= 15 is 0 Å². The smallest absolute Gasteiger partial charge is 0.407 e. The number of hydrogen-bond acceptors (Lipinski definition) is 7. The number of amides is 1. The second-order valence-electron chi connectivity index (χ2n) is 11.0. The molecule has 0 bridgehead atoms. The van der Waals surface area contributed by atoms with E-state index in [1.165, 1.54) is 7.11 Å². The molecule has 0 saturated heterocycles. The first-order valence-corrected chi connectivity index (χ1v) is 14.4. The first-order valence-electron chi connectivity index (χ1n) is 13.6. The van der Waals surface area contributed by atoms with Gasteiger partial charge in [-0.2, -0.15) is 5.26 Å². The van der Waals surface area contributed by atoms with Crippen molar-refractivity contribution in [1.82, 2.24) is 10.3 Å². The third kappa shape index (κ3) is 6.40. The number of thiophene rings is 1. The zero-order chi connectivity index (χ0) is 29.9. The number of benzene rings is 3. The molecule has 0 spiro atoms. The van der Waals surface area contributed by atoms with Crippen LogP contribution in [0.25, 0.3) is 31.4 Å². The molecule has 5 rings (SSSR count). The lowest BCUT2D eigenvalue weighted by molar-refractivity contribution is 0.0501. The lowest BCUT2D eigenvalue weighted by Gasteiger charge is -2.27. The van der Waals surface area contributed by atoms with Gasteiger partial charge in [0, 0.05) is 32.4 Å². The molecule has 0 aliphatic heterocycles. The highest BCUT2D eigenvalue weighted by Gasteiger charge is 2.28. The zero-order valence-corrected chi connectivity index (χ0v) is 24.7. The first-order chi connectivity index (χ1) is 20.1. The number of hydrogen-bond donors (Lipinski definition) is 3. The van der Waals surface area contributed by atoms with Crippen molar-refractivity contribution < 1.29 is 19.1 Å². The predicted octanol–water partition coefficient (Wildman–Crippen LogP) is 7.28. The van der Waals surface area contributed by atoms with Gasteiger partial charge in [0.05, 0.1) is 24.8 Å². The molecule has 8 nitrogen and oxygen atoms in total. The number of nitriles is 1. The number of aromatic nitrogens is 1. The SMILES string of the molecule is COC(=O)c1cc(-c2cc3ccccc3s2)ccc1NC(C#N)[C@H](Cc1c[nH]c2ccccc12)NC(=O)OC(C)(C)C. The maximum Gasteiger partial charge on any atom is 0.407 e. The van der Waals surface area contributed by atoms with Crippen LogP contribution in [0, 0.1) is 11.3 Å². The van der Waals surface area contributed by atoms with E-state index in [-0.39, 0.29) is 5.56 Å². The van der Waals surface area contributed by atoms with Crippen LogP contribution in [0.2, 0.25) is 0 Å². The van der Waals surface area contributed by atoms with Crippen molar-refractivity contribution in [2.45, 2.75) is 44.9 Å². The lowest BCUT2D eigenvalue weighted by atomic mass is 9.98. The molecule has 1 unspecified atom stereocenters. The van der Waals surface area contributed by atoms with Crippen molar-refractivity contribution in [3.63, 3.8) is 0 Å². The van der Waals surface area contributed by atoms with Gasteiger partial charge in [-0.25, -0.2) is 9.59 Å². The Kier molecular flexibility index (Phi) is 8.18. The van der Waals surface area contributed by atoms with E-state index in [2.05, 4.69) is 39.9 Å². The molecule has 0 radical (unpaired) electrons. The number of nitrogens with one attached hydrogen (secondary N) is 3. The van der Waals surface area contributed by atoms with E-state index in [0.29, 0.717) is 12.1 Å². The van der Waals surface area contributed by atoms with Crippen molar-refractivity contribution in [2.24, 2.45) is 0 Å². The summed E-state index contributed by atoms with van der Waals surface area (Å²) in [5, 5.41) is 18.5. The number of para-hydroxylation sites is 1. The van der Waals surface area contributed by atoms with Crippen LogP contribution in [0.15, 0.2) is 79.0 Å². The Morgan fingerprint density at radius 3 is 2.55 bits per heavy atom. The topological polar surface area (TPSA) is 116 Å². The molecule has 2 atom stereocenters. The highest BCUT2D eigenvalue weighted by atomic mass is 32.1. The molecule has 0 fully saturated rings. The normalized spacial score (nSPS) is 12.8. The number of ether oxygens (including phenoxy) is 2. The Labute approximate surface area is 248 Å². The van der Waals surface area contributed by atoms with Crippen LogP contribution in [-0.2, 0) is 15.9 Å². The van der Waals surface area contributed by atoms with Gasteiger partial charge in [0.15, 0.2) is 0 Å². The fourth-order valence-corrected chi connectivity index (χ4v) is 5.92. The van der Waals surface area contributed by atoms with Gasteiger partial charge in [0.2, 0.25) is 0 Å². The Morgan fingerprint density at radius 1 is 1.05 bits per heavy atom. The van der Waals surface area contributed by atoms with Gasteiger partial charge in [-0.15, -0.1) is 11.3 Å². The number of carbonyl (C=O) groups is 2. The fourth-order valence-electron chi connectivity index (χ4n) is 4.87. The van der Waals surface area contributed by atoms with Crippen molar-refractivity contribution in [2.75, 3.05) is 12.4 Å². The van der Waals surface area contributed by atoms with Crippen LogP contribution in [0.1, 0.15) is 36.7 Å². The Morgan fingerprint density at radius 2 is 1.81 bits per heavy atom. The predicted molar refractivity (Wildman–Crippen MR) is 167 cm³/mol. The van der Waals surface area contributed by atoms with Gasteiger partial charge >= 0.3 is 12.1 Å². The molecule has 0 aliphatic rings. The van der Waals surface area contributed by atoms with Gasteiger partial charge in [-0.3, -0.25) is 0 Å². The van der Waals surface area contributed by atoms with Crippen LogP contribution in [0.4, 0.5) is 10.5 Å². The van der Waals surface area contributed by atoms with Gasteiger partial charge in [-0.1, -0.05) is 42.5 Å². The number of aromatic amines is 1. The molecule has 5 aromatic rings. The molecule has 1 amide bonds. The average Bonchev–Trinajstić information content (AvgIpc) is 3.58. The highest BCUT2D eigenvalue weighted by molar-refractivity contribution is 7.22. The van der Waals surface area contributed by atoms with Gasteiger partial charge in [0.25, 0.3) is 0 Å². The molecule has 3 N–H and O–H groups in total. The first kappa shape index (κ1) is 28.7. The Balaban J connectivity index is 1.48. The van der Waals surface area contributed by atoms with E-state index in [1.807, 2.05) is 48.7 Å². The average molecular weight is 581 g/mol. The third-order valence-electron chi connectivity index (χ3n) is 6.80. The van der Waals surface area contributed by atoms with Crippen LogP contribution in [-0.4, -0.2) is 41.8 Å². The Hall–Kier alpha value is -4.81. The molecule has 0 saturated carbocycles. The van der Waals surface area contributed by atoms with Gasteiger partial charge < -0.3 is 25.1 Å². The van der Waals surface area contributed by atoms with Crippen molar-refractivity contribution >= 4 is 50.1 Å². The van der Waals surface area contributed by atoms with Gasteiger partial charge in [0.1, 0.15) is 11.6 Å². The number of alkyl carbamates (subject to hydrolysis) is 1. The molecule has 42 heavy (non-hydrogen) atoms. The minimum absolute atomic E-state index is 0.288.